The molecule has 0 atom stereocenters. The van der Waals surface area contributed by atoms with E-state index < -0.39 is 5.60 Å². The van der Waals surface area contributed by atoms with Gasteiger partial charge in [-0.1, -0.05) is 41.8 Å². The summed E-state index contributed by atoms with van der Waals surface area (Å²) in [5.41, 5.74) is 12.7. The number of nitrogens with zero attached hydrogens (tertiary/aromatic N) is 2. The third-order valence-corrected chi connectivity index (χ3v) is 6.73. The molecule has 0 fully saturated rings. The van der Waals surface area contributed by atoms with E-state index in [-0.39, 0.29) is 0 Å². The zero-order chi connectivity index (χ0) is 27.2. The van der Waals surface area contributed by atoms with Gasteiger partial charge in [-0.3, -0.25) is 4.98 Å². The number of pyridine rings is 1. The summed E-state index contributed by atoms with van der Waals surface area (Å²) in [5.74, 6) is 0. The van der Waals surface area contributed by atoms with Gasteiger partial charge in [0, 0.05) is 37.1 Å². The summed E-state index contributed by atoms with van der Waals surface area (Å²) >= 11 is 1.72. The number of anilines is 1. The number of carbonyl (C=O) groups excluding carboxylic acids is 1. The number of benzene rings is 2. The second kappa shape index (κ2) is 12.5. The number of aromatic nitrogens is 1. The van der Waals surface area contributed by atoms with E-state index in [0.29, 0.717) is 6.42 Å². The summed E-state index contributed by atoms with van der Waals surface area (Å²) in [6.45, 7) is 14.6. The maximum Gasteiger partial charge on any atom is 0.124 e. The smallest absolute Gasteiger partial charge is 0.124 e. The van der Waals surface area contributed by atoms with Crippen LogP contribution in [0.5, 0.6) is 0 Å². The second-order valence-corrected chi connectivity index (χ2v) is 10.7. The molecule has 0 saturated heterocycles. The van der Waals surface area contributed by atoms with E-state index in [1.165, 1.54) is 50.2 Å². The van der Waals surface area contributed by atoms with E-state index in [4.69, 9.17) is 15.2 Å². The van der Waals surface area contributed by atoms with Gasteiger partial charge in [-0.25, -0.2) is 0 Å². The molecule has 0 saturated carbocycles. The third-order valence-electron chi connectivity index (χ3n) is 5.98. The molecule has 194 valence electrons. The van der Waals surface area contributed by atoms with Crippen LogP contribution in [-0.4, -0.2) is 40.4 Å². The number of aldehydes is 1. The van der Waals surface area contributed by atoms with E-state index >= 15 is 0 Å². The Balaban J connectivity index is 0.000000583. The first-order valence-electron chi connectivity index (χ1n) is 12.1. The van der Waals surface area contributed by atoms with Crippen molar-refractivity contribution >= 4 is 23.9 Å². The lowest BCUT2D eigenvalue weighted by atomic mass is 9.81. The van der Waals surface area contributed by atoms with Crippen LogP contribution in [0.25, 0.3) is 22.3 Å². The van der Waals surface area contributed by atoms with Crippen LogP contribution in [0.4, 0.5) is 5.69 Å². The standard InChI is InChI=1S/C25H26N2OS.C4H10O.CH4O/c1-15-6-8-19(9-7-15)23-18(4)24-22-16(2)10-12-26-21(22)14-27(29-5)25(24)17(3)20(23)11-13-28;1-4(2,3)5;1-2/h6-10,12-13H,11,14H2,1-5H3;5H,1-3H3;2H,1H3. The number of fused-ring (bicyclic) bond motifs is 3. The normalized spacial score (nSPS) is 11.9. The summed E-state index contributed by atoms with van der Waals surface area (Å²) in [4.78, 5) is 16.3. The molecular weight excluding hydrogens is 468 g/mol. The number of hydrogen-bond donors (Lipinski definition) is 2. The van der Waals surface area contributed by atoms with Crippen LogP contribution in [0, 0.1) is 27.7 Å². The fourth-order valence-electron chi connectivity index (χ4n) is 4.56. The van der Waals surface area contributed by atoms with Crippen LogP contribution in [0.2, 0.25) is 0 Å². The van der Waals surface area contributed by atoms with Crippen molar-refractivity contribution in [2.24, 2.45) is 0 Å². The lowest BCUT2D eigenvalue weighted by molar-refractivity contribution is -0.107. The van der Waals surface area contributed by atoms with Crippen LogP contribution in [0.15, 0.2) is 36.5 Å². The highest BCUT2D eigenvalue weighted by atomic mass is 32.2. The number of rotatable bonds is 4. The largest absolute Gasteiger partial charge is 0.400 e. The van der Waals surface area contributed by atoms with Crippen molar-refractivity contribution in [1.82, 2.24) is 4.98 Å². The third kappa shape index (κ3) is 6.55. The SMILES string of the molecule is CC(C)(C)O.CO.CSN1Cc2nccc(C)c2-c2c(C)c(-c3ccc(C)cc3)c(CC=O)c(C)c21. The Kier molecular flexibility index (Phi) is 10.3. The molecule has 0 bridgehead atoms. The minimum Gasteiger partial charge on any atom is -0.400 e. The van der Waals surface area contributed by atoms with Crippen molar-refractivity contribution < 1.29 is 15.0 Å². The quantitative estimate of drug-likeness (QED) is 0.315. The fourth-order valence-corrected chi connectivity index (χ4v) is 5.22. The fraction of sp³-hybridized carbons (Fsp3) is 0.400. The Morgan fingerprint density at radius 3 is 2.08 bits per heavy atom. The second-order valence-electron chi connectivity index (χ2n) is 9.90. The molecule has 0 unspecified atom stereocenters. The minimum absolute atomic E-state index is 0.421. The first kappa shape index (κ1) is 29.6. The molecule has 3 aromatic rings. The van der Waals surface area contributed by atoms with E-state index in [1.54, 1.807) is 32.7 Å². The van der Waals surface area contributed by atoms with Gasteiger partial charge in [0.2, 0.25) is 0 Å². The molecule has 1 aliphatic heterocycles. The topological polar surface area (TPSA) is 73.7 Å². The summed E-state index contributed by atoms with van der Waals surface area (Å²) < 4.78 is 2.32. The summed E-state index contributed by atoms with van der Waals surface area (Å²) in [6.07, 6.45) is 5.46. The molecule has 6 heteroatoms. The zero-order valence-electron chi connectivity index (χ0n) is 23.1. The average molecular weight is 509 g/mol. The maximum absolute atomic E-state index is 11.6. The molecule has 5 nitrogen and oxygen atoms in total. The van der Waals surface area contributed by atoms with Crippen molar-refractivity contribution in [2.45, 2.75) is 67.0 Å². The van der Waals surface area contributed by atoms with Crippen molar-refractivity contribution in [3.63, 3.8) is 0 Å². The van der Waals surface area contributed by atoms with Crippen molar-refractivity contribution in [1.29, 1.82) is 0 Å². The highest BCUT2D eigenvalue weighted by Crippen LogP contribution is 2.50. The van der Waals surface area contributed by atoms with E-state index in [1.807, 2.05) is 6.20 Å². The molecule has 0 aliphatic carbocycles. The van der Waals surface area contributed by atoms with Crippen LogP contribution in [-0.2, 0) is 17.8 Å². The van der Waals surface area contributed by atoms with Gasteiger partial charge in [0.25, 0.3) is 0 Å². The maximum atomic E-state index is 11.6. The van der Waals surface area contributed by atoms with Gasteiger partial charge >= 0.3 is 0 Å². The predicted octanol–water partition coefficient (Wildman–Crippen LogP) is 6.37. The van der Waals surface area contributed by atoms with Crippen LogP contribution < -0.4 is 4.31 Å². The van der Waals surface area contributed by atoms with Gasteiger partial charge in [0.05, 0.1) is 23.5 Å². The Morgan fingerprint density at radius 1 is 0.972 bits per heavy atom. The van der Waals surface area contributed by atoms with Crippen molar-refractivity contribution in [2.75, 3.05) is 17.7 Å². The summed E-state index contributed by atoms with van der Waals surface area (Å²) in [5, 5.41) is 15.5. The predicted molar refractivity (Wildman–Crippen MR) is 154 cm³/mol. The number of aryl methyl sites for hydroxylation is 2. The molecule has 0 spiro atoms. The molecular formula is C30H40N2O3S. The Bertz CT molecular complexity index is 1190. The molecule has 2 heterocycles. The van der Waals surface area contributed by atoms with Gasteiger partial charge in [0.1, 0.15) is 6.29 Å². The molecule has 36 heavy (non-hydrogen) atoms. The van der Waals surface area contributed by atoms with Gasteiger partial charge in [-0.15, -0.1) is 0 Å². The molecule has 2 aromatic carbocycles. The van der Waals surface area contributed by atoms with E-state index in [2.05, 4.69) is 68.6 Å². The summed E-state index contributed by atoms with van der Waals surface area (Å²) in [7, 11) is 1.00. The van der Waals surface area contributed by atoms with Gasteiger partial charge < -0.3 is 19.3 Å². The van der Waals surface area contributed by atoms with Gasteiger partial charge in [-0.2, -0.15) is 0 Å². The molecule has 0 radical (unpaired) electrons. The highest BCUT2D eigenvalue weighted by molar-refractivity contribution is 7.99. The Hall–Kier alpha value is -2.67. The molecule has 0 amide bonds. The molecule has 1 aromatic heterocycles. The Morgan fingerprint density at radius 2 is 1.56 bits per heavy atom. The zero-order valence-corrected chi connectivity index (χ0v) is 23.9. The number of carbonyl (C=O) groups is 1. The Labute approximate surface area is 220 Å². The van der Waals surface area contributed by atoms with E-state index in [9.17, 15) is 4.79 Å². The number of aliphatic hydroxyl groups excluding tert-OH is 1. The lowest BCUT2D eigenvalue weighted by Crippen LogP contribution is -2.23. The van der Waals surface area contributed by atoms with Crippen molar-refractivity contribution in [3.8, 4) is 22.3 Å². The number of hydrogen-bond acceptors (Lipinski definition) is 6. The minimum atomic E-state index is -0.500. The highest BCUT2D eigenvalue weighted by Gasteiger charge is 2.31. The monoisotopic (exact) mass is 508 g/mol. The summed E-state index contributed by atoms with van der Waals surface area (Å²) in [6, 6.07) is 10.7. The molecule has 4 rings (SSSR count). The molecule has 2 N–H and O–H groups in total. The molecule has 1 aliphatic rings. The van der Waals surface area contributed by atoms with Gasteiger partial charge in [0.15, 0.2) is 0 Å². The lowest BCUT2D eigenvalue weighted by Gasteiger charge is -2.35. The van der Waals surface area contributed by atoms with Crippen LogP contribution in [0.3, 0.4) is 0 Å². The first-order valence-corrected chi connectivity index (χ1v) is 13.3. The van der Waals surface area contributed by atoms with E-state index in [0.717, 1.165) is 31.2 Å². The van der Waals surface area contributed by atoms with Crippen LogP contribution >= 0.6 is 11.9 Å². The number of aliphatic hydroxyl groups is 2. The van der Waals surface area contributed by atoms with Crippen LogP contribution in [0.1, 0.15) is 54.3 Å². The average Bonchev–Trinajstić information content (AvgIpc) is 2.83. The first-order chi connectivity index (χ1) is 17.0. The van der Waals surface area contributed by atoms with Gasteiger partial charge in [-0.05, 0) is 87.9 Å². The van der Waals surface area contributed by atoms with Crippen molar-refractivity contribution in [3.05, 3.63) is 70.0 Å².